The van der Waals surface area contributed by atoms with Gasteiger partial charge in [-0.15, -0.1) is 0 Å². The van der Waals surface area contributed by atoms with E-state index in [0.29, 0.717) is 23.1 Å². The standard InChI is InChI=1S/C20H15F2N3O2S/c21-15-9-10-19(18(22)12-15)28(26,27)25(16-6-2-1-3-7-16)14-17-13-23-20-8-4-5-11-24(17)20/h1-13H,14H2. The summed E-state index contributed by atoms with van der Waals surface area (Å²) in [4.78, 5) is 3.68. The summed E-state index contributed by atoms with van der Waals surface area (Å²) in [7, 11) is -4.30. The Morgan fingerprint density at radius 1 is 0.964 bits per heavy atom. The van der Waals surface area contributed by atoms with Crippen molar-refractivity contribution in [2.75, 3.05) is 4.31 Å². The van der Waals surface area contributed by atoms with Gasteiger partial charge in [-0.1, -0.05) is 24.3 Å². The minimum absolute atomic E-state index is 0.0751. The zero-order valence-electron chi connectivity index (χ0n) is 14.5. The first kappa shape index (κ1) is 18.1. The van der Waals surface area contributed by atoms with Crippen LogP contribution in [0.2, 0.25) is 0 Å². The number of pyridine rings is 1. The van der Waals surface area contributed by atoms with Gasteiger partial charge in [0, 0.05) is 12.3 Å². The first-order valence-corrected chi connectivity index (χ1v) is 9.84. The highest BCUT2D eigenvalue weighted by molar-refractivity contribution is 7.92. The molecule has 0 N–H and O–H groups in total. The first-order chi connectivity index (χ1) is 13.5. The van der Waals surface area contributed by atoms with E-state index < -0.39 is 26.6 Å². The van der Waals surface area contributed by atoms with Crippen LogP contribution in [0.5, 0.6) is 0 Å². The summed E-state index contributed by atoms with van der Waals surface area (Å²) >= 11 is 0. The Kier molecular flexibility index (Phi) is 4.56. The lowest BCUT2D eigenvalue weighted by Gasteiger charge is -2.24. The number of imidazole rings is 1. The normalized spacial score (nSPS) is 11.6. The Balaban J connectivity index is 1.84. The topological polar surface area (TPSA) is 54.7 Å². The van der Waals surface area contributed by atoms with E-state index in [9.17, 15) is 17.2 Å². The highest BCUT2D eigenvalue weighted by atomic mass is 32.2. The Morgan fingerprint density at radius 2 is 1.71 bits per heavy atom. The molecule has 28 heavy (non-hydrogen) atoms. The molecule has 4 aromatic rings. The van der Waals surface area contributed by atoms with Gasteiger partial charge < -0.3 is 4.40 Å². The number of para-hydroxylation sites is 1. The van der Waals surface area contributed by atoms with Crippen molar-refractivity contribution in [1.29, 1.82) is 0 Å². The number of nitrogens with zero attached hydrogens (tertiary/aromatic N) is 3. The van der Waals surface area contributed by atoms with Crippen molar-refractivity contribution in [2.24, 2.45) is 0 Å². The van der Waals surface area contributed by atoms with Crippen LogP contribution in [0.15, 0.2) is 84.0 Å². The molecular formula is C20H15F2N3O2S. The summed E-state index contributed by atoms with van der Waals surface area (Å²) in [5.41, 5.74) is 1.62. The van der Waals surface area contributed by atoms with Gasteiger partial charge >= 0.3 is 0 Å². The second-order valence-electron chi connectivity index (χ2n) is 6.10. The van der Waals surface area contributed by atoms with E-state index in [-0.39, 0.29) is 6.54 Å². The zero-order chi connectivity index (χ0) is 19.7. The van der Waals surface area contributed by atoms with E-state index in [1.54, 1.807) is 59.3 Å². The van der Waals surface area contributed by atoms with Crippen molar-refractivity contribution in [3.63, 3.8) is 0 Å². The van der Waals surface area contributed by atoms with Crippen molar-refractivity contribution >= 4 is 21.4 Å². The Hall–Kier alpha value is -3.26. The summed E-state index contributed by atoms with van der Waals surface area (Å²) < 4.78 is 56.9. The average molecular weight is 399 g/mol. The Bertz CT molecular complexity index is 1240. The van der Waals surface area contributed by atoms with E-state index in [1.807, 2.05) is 6.07 Å². The lowest BCUT2D eigenvalue weighted by atomic mass is 10.3. The molecule has 0 aliphatic carbocycles. The average Bonchev–Trinajstić information content (AvgIpc) is 3.09. The fourth-order valence-corrected chi connectivity index (χ4v) is 4.45. The summed E-state index contributed by atoms with van der Waals surface area (Å²) in [6.07, 6.45) is 3.34. The van der Waals surface area contributed by atoms with Crippen molar-refractivity contribution in [3.8, 4) is 0 Å². The number of aromatic nitrogens is 2. The molecule has 142 valence electrons. The SMILES string of the molecule is O=S(=O)(c1ccc(F)cc1F)N(Cc1cnc2ccccn12)c1ccccc1. The van der Waals surface area contributed by atoms with Gasteiger partial charge in [0.2, 0.25) is 0 Å². The maximum Gasteiger partial charge on any atom is 0.267 e. The molecule has 0 spiro atoms. The van der Waals surface area contributed by atoms with Crippen LogP contribution in [-0.2, 0) is 16.6 Å². The summed E-state index contributed by atoms with van der Waals surface area (Å²) in [5.74, 6) is -1.98. The zero-order valence-corrected chi connectivity index (χ0v) is 15.4. The summed E-state index contributed by atoms with van der Waals surface area (Å²) in [6, 6.07) is 16.2. The number of benzene rings is 2. The predicted molar refractivity (Wildman–Crippen MR) is 101 cm³/mol. The number of fused-ring (bicyclic) bond motifs is 1. The molecular weight excluding hydrogens is 384 g/mol. The third kappa shape index (κ3) is 3.22. The smallest absolute Gasteiger partial charge is 0.267 e. The third-order valence-corrected chi connectivity index (χ3v) is 6.11. The second kappa shape index (κ2) is 7.05. The predicted octanol–water partition coefficient (Wildman–Crippen LogP) is 4.01. The van der Waals surface area contributed by atoms with Crippen molar-refractivity contribution < 1.29 is 17.2 Å². The molecule has 0 atom stereocenters. The summed E-state index contributed by atoms with van der Waals surface area (Å²) in [6.45, 7) is -0.0751. The van der Waals surface area contributed by atoms with E-state index in [2.05, 4.69) is 4.98 Å². The van der Waals surface area contributed by atoms with Gasteiger partial charge in [0.1, 0.15) is 22.2 Å². The second-order valence-corrected chi connectivity index (χ2v) is 7.93. The quantitative estimate of drug-likeness (QED) is 0.510. The van der Waals surface area contributed by atoms with Crippen molar-refractivity contribution in [2.45, 2.75) is 11.4 Å². The van der Waals surface area contributed by atoms with Gasteiger partial charge in [0.25, 0.3) is 10.0 Å². The van der Waals surface area contributed by atoms with Crippen LogP contribution >= 0.6 is 0 Å². The summed E-state index contributed by atoms with van der Waals surface area (Å²) in [5, 5.41) is 0. The molecule has 2 aromatic heterocycles. The maximum atomic E-state index is 14.3. The van der Waals surface area contributed by atoms with Crippen LogP contribution in [-0.4, -0.2) is 17.8 Å². The number of halogens is 2. The Labute approximate surface area is 160 Å². The number of hydrogen-bond donors (Lipinski definition) is 0. The fraction of sp³-hybridized carbons (Fsp3) is 0.0500. The monoisotopic (exact) mass is 399 g/mol. The highest BCUT2D eigenvalue weighted by Gasteiger charge is 2.29. The highest BCUT2D eigenvalue weighted by Crippen LogP contribution is 2.27. The van der Waals surface area contributed by atoms with Gasteiger partial charge in [0.05, 0.1) is 24.1 Å². The van der Waals surface area contributed by atoms with Gasteiger partial charge in [-0.2, -0.15) is 0 Å². The molecule has 0 aliphatic rings. The number of anilines is 1. The third-order valence-electron chi connectivity index (χ3n) is 4.31. The van der Waals surface area contributed by atoms with Crippen LogP contribution in [0, 0.1) is 11.6 Å². The largest absolute Gasteiger partial charge is 0.302 e. The maximum absolute atomic E-state index is 14.3. The van der Waals surface area contributed by atoms with E-state index in [0.717, 1.165) is 16.4 Å². The molecule has 0 aliphatic heterocycles. The van der Waals surface area contributed by atoms with Gasteiger partial charge in [-0.3, -0.25) is 4.31 Å². The molecule has 0 saturated carbocycles. The van der Waals surface area contributed by atoms with E-state index in [4.69, 9.17) is 0 Å². The molecule has 2 heterocycles. The fourth-order valence-electron chi connectivity index (χ4n) is 2.96. The van der Waals surface area contributed by atoms with Crippen LogP contribution in [0.25, 0.3) is 5.65 Å². The molecule has 0 radical (unpaired) electrons. The molecule has 0 bridgehead atoms. The lowest BCUT2D eigenvalue weighted by molar-refractivity contribution is 0.547. The minimum Gasteiger partial charge on any atom is -0.302 e. The first-order valence-electron chi connectivity index (χ1n) is 8.40. The molecule has 0 unspecified atom stereocenters. The number of sulfonamides is 1. The van der Waals surface area contributed by atoms with Crippen molar-refractivity contribution in [3.05, 3.63) is 96.5 Å². The van der Waals surface area contributed by atoms with Gasteiger partial charge in [-0.25, -0.2) is 22.2 Å². The van der Waals surface area contributed by atoms with Gasteiger partial charge in [0.15, 0.2) is 0 Å². The molecule has 0 saturated heterocycles. The molecule has 8 heteroatoms. The van der Waals surface area contributed by atoms with Crippen LogP contribution in [0.1, 0.15) is 5.69 Å². The molecule has 4 rings (SSSR count). The van der Waals surface area contributed by atoms with E-state index in [1.165, 1.54) is 0 Å². The molecule has 2 aromatic carbocycles. The molecule has 0 amide bonds. The van der Waals surface area contributed by atoms with Gasteiger partial charge in [-0.05, 0) is 36.4 Å². The number of rotatable bonds is 5. The molecule has 0 fully saturated rings. The molecule has 5 nitrogen and oxygen atoms in total. The van der Waals surface area contributed by atoms with Crippen molar-refractivity contribution in [1.82, 2.24) is 9.38 Å². The Morgan fingerprint density at radius 3 is 2.46 bits per heavy atom. The van der Waals surface area contributed by atoms with E-state index >= 15 is 0 Å². The van der Waals surface area contributed by atoms with Crippen LogP contribution in [0.4, 0.5) is 14.5 Å². The lowest BCUT2D eigenvalue weighted by Crippen LogP contribution is -2.31. The van der Waals surface area contributed by atoms with Crippen LogP contribution in [0.3, 0.4) is 0 Å². The number of hydrogen-bond acceptors (Lipinski definition) is 3. The van der Waals surface area contributed by atoms with Crippen LogP contribution < -0.4 is 4.31 Å². The minimum atomic E-state index is -4.30.